The van der Waals surface area contributed by atoms with Gasteiger partial charge in [-0.2, -0.15) is 5.26 Å². The standard InChI is InChI=1S/C25H18BrClN2O5/c1-33-22-12-15(11-19(26)23(22)34-14-16-6-2-4-8-20(16)27)10-17(13-28)24(30)29-21-9-5-3-7-18(21)25(31)32/h2-12H,14H2,1H3,(H,29,30)(H,31,32)/b17-10+. The summed E-state index contributed by atoms with van der Waals surface area (Å²) in [5.41, 5.74) is 1.07. The minimum atomic E-state index is -1.19. The summed E-state index contributed by atoms with van der Waals surface area (Å²) in [4.78, 5) is 24.0. The first-order chi connectivity index (χ1) is 16.3. The lowest BCUT2D eigenvalue weighted by molar-refractivity contribution is -0.112. The molecule has 3 aromatic carbocycles. The largest absolute Gasteiger partial charge is 0.493 e. The van der Waals surface area contributed by atoms with Crippen LogP contribution in [0.3, 0.4) is 0 Å². The fraction of sp³-hybridized carbons (Fsp3) is 0.0800. The van der Waals surface area contributed by atoms with E-state index in [-0.39, 0.29) is 23.4 Å². The maximum atomic E-state index is 12.6. The van der Waals surface area contributed by atoms with Crippen LogP contribution in [0.5, 0.6) is 11.5 Å². The lowest BCUT2D eigenvalue weighted by atomic mass is 10.1. The molecule has 0 aromatic heterocycles. The predicted octanol–water partition coefficient (Wildman–Crippen LogP) is 5.93. The normalized spacial score (nSPS) is 10.8. The number of halogens is 2. The number of hydrogen-bond acceptors (Lipinski definition) is 5. The van der Waals surface area contributed by atoms with Crippen molar-refractivity contribution >= 4 is 51.2 Å². The third kappa shape index (κ3) is 5.95. The molecule has 0 heterocycles. The van der Waals surface area contributed by atoms with E-state index in [1.54, 1.807) is 30.3 Å². The van der Waals surface area contributed by atoms with Gasteiger partial charge in [-0.15, -0.1) is 0 Å². The van der Waals surface area contributed by atoms with Crippen molar-refractivity contribution < 1.29 is 24.2 Å². The number of nitrogens with one attached hydrogen (secondary N) is 1. The minimum absolute atomic E-state index is 0.0856. The van der Waals surface area contributed by atoms with Crippen LogP contribution in [0.15, 0.2) is 70.7 Å². The average Bonchev–Trinajstić information content (AvgIpc) is 2.82. The number of hydrogen-bond donors (Lipinski definition) is 2. The third-order valence-electron chi connectivity index (χ3n) is 4.66. The quantitative estimate of drug-likeness (QED) is 0.270. The Hall–Kier alpha value is -3.80. The Balaban J connectivity index is 1.85. The van der Waals surface area contributed by atoms with Crippen LogP contribution >= 0.6 is 27.5 Å². The Morgan fingerprint density at radius 1 is 1.18 bits per heavy atom. The molecule has 1 amide bonds. The van der Waals surface area contributed by atoms with Gasteiger partial charge in [0.2, 0.25) is 0 Å². The third-order valence-corrected chi connectivity index (χ3v) is 5.62. The molecule has 0 aliphatic heterocycles. The van der Waals surface area contributed by atoms with Gasteiger partial charge in [0.1, 0.15) is 18.2 Å². The summed E-state index contributed by atoms with van der Waals surface area (Å²) >= 11 is 9.63. The molecule has 0 aliphatic rings. The van der Waals surface area contributed by atoms with Gasteiger partial charge < -0.3 is 19.9 Å². The molecule has 172 valence electrons. The molecule has 2 N–H and O–H groups in total. The number of carboxylic acids is 1. The molecule has 3 rings (SSSR count). The van der Waals surface area contributed by atoms with E-state index in [1.165, 1.54) is 25.3 Å². The summed E-state index contributed by atoms with van der Waals surface area (Å²) in [6, 6.07) is 18.3. The second-order valence-corrected chi connectivity index (χ2v) is 8.15. The lowest BCUT2D eigenvalue weighted by Gasteiger charge is -2.14. The Morgan fingerprint density at radius 3 is 2.56 bits per heavy atom. The van der Waals surface area contributed by atoms with Crippen molar-refractivity contribution in [2.75, 3.05) is 12.4 Å². The van der Waals surface area contributed by atoms with E-state index in [9.17, 15) is 20.0 Å². The van der Waals surface area contributed by atoms with Crippen LogP contribution in [0.1, 0.15) is 21.5 Å². The molecule has 0 aliphatic carbocycles. The number of anilines is 1. The SMILES string of the molecule is COc1cc(/C=C(\C#N)C(=O)Nc2ccccc2C(=O)O)cc(Br)c1OCc1ccccc1Cl. The smallest absolute Gasteiger partial charge is 0.337 e. The average molecular weight is 542 g/mol. The number of amides is 1. The summed E-state index contributed by atoms with van der Waals surface area (Å²) < 4.78 is 11.9. The molecule has 0 unspecified atom stereocenters. The maximum absolute atomic E-state index is 12.6. The van der Waals surface area contributed by atoms with Crippen LogP contribution < -0.4 is 14.8 Å². The Kier molecular flexibility index (Phi) is 8.30. The Morgan fingerprint density at radius 2 is 1.88 bits per heavy atom. The van der Waals surface area contributed by atoms with Gasteiger partial charge in [0.05, 0.1) is 22.8 Å². The molecule has 0 spiro atoms. The van der Waals surface area contributed by atoms with Crippen molar-refractivity contribution in [2.45, 2.75) is 6.61 Å². The van der Waals surface area contributed by atoms with E-state index in [0.717, 1.165) is 5.56 Å². The minimum Gasteiger partial charge on any atom is -0.493 e. The van der Waals surface area contributed by atoms with Crippen LogP contribution in [-0.4, -0.2) is 24.1 Å². The van der Waals surface area contributed by atoms with E-state index in [4.69, 9.17) is 21.1 Å². The number of benzene rings is 3. The van der Waals surface area contributed by atoms with E-state index < -0.39 is 11.9 Å². The van der Waals surface area contributed by atoms with Crippen molar-refractivity contribution in [3.63, 3.8) is 0 Å². The number of para-hydroxylation sites is 1. The van der Waals surface area contributed by atoms with Crippen LogP contribution in [0.4, 0.5) is 5.69 Å². The van der Waals surface area contributed by atoms with Crippen molar-refractivity contribution in [3.8, 4) is 17.6 Å². The number of aromatic carboxylic acids is 1. The van der Waals surface area contributed by atoms with Crippen molar-refractivity contribution in [1.29, 1.82) is 5.26 Å². The maximum Gasteiger partial charge on any atom is 0.337 e. The molecule has 0 atom stereocenters. The molecular formula is C25H18BrClN2O5. The van der Waals surface area contributed by atoms with Gasteiger partial charge in [-0.1, -0.05) is 41.9 Å². The number of carbonyl (C=O) groups is 2. The van der Waals surface area contributed by atoms with E-state index in [0.29, 0.717) is 26.6 Å². The molecule has 7 nitrogen and oxygen atoms in total. The summed E-state index contributed by atoms with van der Waals surface area (Å²) in [6.45, 7) is 0.207. The van der Waals surface area contributed by atoms with Gasteiger partial charge in [0.25, 0.3) is 5.91 Å². The lowest BCUT2D eigenvalue weighted by Crippen LogP contribution is -2.16. The van der Waals surface area contributed by atoms with Crippen molar-refractivity contribution in [3.05, 3.63) is 92.4 Å². The molecule has 34 heavy (non-hydrogen) atoms. The number of methoxy groups -OCH3 is 1. The molecule has 0 saturated heterocycles. The van der Waals surface area contributed by atoms with Gasteiger partial charge in [0, 0.05) is 10.6 Å². The Labute approximate surface area is 209 Å². The van der Waals surface area contributed by atoms with Crippen LogP contribution in [-0.2, 0) is 11.4 Å². The summed E-state index contributed by atoms with van der Waals surface area (Å²) in [6.07, 6.45) is 1.36. The molecule has 9 heteroatoms. The first-order valence-corrected chi connectivity index (χ1v) is 11.0. The number of nitrogens with zero attached hydrogens (tertiary/aromatic N) is 1. The second kappa shape index (κ2) is 11.4. The van der Waals surface area contributed by atoms with Crippen LogP contribution in [0, 0.1) is 11.3 Å². The van der Waals surface area contributed by atoms with Crippen molar-refractivity contribution in [1.82, 2.24) is 0 Å². The number of carbonyl (C=O) groups excluding carboxylic acids is 1. The summed E-state index contributed by atoms with van der Waals surface area (Å²) in [5, 5.41) is 21.9. The topological polar surface area (TPSA) is 109 Å². The fourth-order valence-corrected chi connectivity index (χ4v) is 3.78. The van der Waals surface area contributed by atoms with E-state index in [1.807, 2.05) is 24.3 Å². The van der Waals surface area contributed by atoms with Gasteiger partial charge >= 0.3 is 5.97 Å². The summed E-state index contributed by atoms with van der Waals surface area (Å²) in [7, 11) is 1.47. The predicted molar refractivity (Wildman–Crippen MR) is 132 cm³/mol. The zero-order valence-corrected chi connectivity index (χ0v) is 20.2. The molecular weight excluding hydrogens is 524 g/mol. The van der Waals surface area contributed by atoms with Gasteiger partial charge in [-0.25, -0.2) is 4.79 Å². The van der Waals surface area contributed by atoms with Gasteiger partial charge in [-0.05, 0) is 57.9 Å². The highest BCUT2D eigenvalue weighted by molar-refractivity contribution is 9.10. The number of nitriles is 1. The number of ether oxygens (including phenoxy) is 2. The zero-order valence-electron chi connectivity index (χ0n) is 17.8. The molecule has 0 fully saturated rings. The van der Waals surface area contributed by atoms with Crippen LogP contribution in [0.2, 0.25) is 5.02 Å². The first kappa shape index (κ1) is 24.8. The first-order valence-electron chi connectivity index (χ1n) is 9.83. The zero-order chi connectivity index (χ0) is 24.7. The highest BCUT2D eigenvalue weighted by Crippen LogP contribution is 2.38. The fourth-order valence-electron chi connectivity index (χ4n) is 3.01. The number of carboxylic acid groups (broad SMARTS) is 1. The highest BCUT2D eigenvalue weighted by atomic mass is 79.9. The van der Waals surface area contributed by atoms with E-state index in [2.05, 4.69) is 21.2 Å². The van der Waals surface area contributed by atoms with Crippen LogP contribution in [0.25, 0.3) is 6.08 Å². The molecule has 0 bridgehead atoms. The molecule has 0 saturated carbocycles. The summed E-state index contributed by atoms with van der Waals surface area (Å²) in [5.74, 6) is -1.13. The van der Waals surface area contributed by atoms with E-state index >= 15 is 0 Å². The molecule has 0 radical (unpaired) electrons. The van der Waals surface area contributed by atoms with Gasteiger partial charge in [0.15, 0.2) is 11.5 Å². The number of rotatable bonds is 8. The van der Waals surface area contributed by atoms with Crippen molar-refractivity contribution in [2.24, 2.45) is 0 Å². The monoisotopic (exact) mass is 540 g/mol. The molecule has 3 aromatic rings. The Bertz CT molecular complexity index is 1320. The highest BCUT2D eigenvalue weighted by Gasteiger charge is 2.17. The second-order valence-electron chi connectivity index (χ2n) is 6.89. The van der Waals surface area contributed by atoms with Gasteiger partial charge in [-0.3, -0.25) is 4.79 Å².